The Balaban J connectivity index is 2.84. The zero-order valence-corrected chi connectivity index (χ0v) is 7.49. The second-order valence-corrected chi connectivity index (χ2v) is 3.46. The molecule has 0 amide bonds. The van der Waals surface area contributed by atoms with Crippen molar-refractivity contribution in [3.63, 3.8) is 0 Å². The first-order chi connectivity index (χ1) is 3.83. The van der Waals surface area contributed by atoms with Gasteiger partial charge in [-0.15, -0.1) is 0 Å². The molecule has 1 rings (SSSR count). The van der Waals surface area contributed by atoms with Gasteiger partial charge in [-0.2, -0.15) is 4.37 Å². The summed E-state index contributed by atoms with van der Waals surface area (Å²) in [6.45, 7) is 2.14. The fourth-order valence-electron chi connectivity index (χ4n) is 0.454. The van der Waals surface area contributed by atoms with Gasteiger partial charge in [-0.25, -0.2) is 0 Å². The third-order valence-corrected chi connectivity index (χ3v) is 2.69. The van der Waals surface area contributed by atoms with Crippen molar-refractivity contribution in [1.29, 1.82) is 0 Å². The lowest BCUT2D eigenvalue weighted by atomic mass is 10.4. The second-order valence-electron chi connectivity index (χ2n) is 1.47. The maximum atomic E-state index is 4.12. The van der Waals surface area contributed by atoms with Crippen LogP contribution in [0.2, 0.25) is 0 Å². The van der Waals surface area contributed by atoms with Crippen LogP contribution < -0.4 is 0 Å². The molecule has 0 aliphatic carbocycles. The number of hydrogen-bond donors (Lipinski definition) is 0. The Morgan fingerprint density at radius 3 is 2.88 bits per heavy atom. The van der Waals surface area contributed by atoms with Crippen LogP contribution in [0.5, 0.6) is 0 Å². The van der Waals surface area contributed by atoms with Crippen LogP contribution in [0, 0.1) is 3.70 Å². The number of hydrogen-bond acceptors (Lipinski definition) is 2. The molecule has 0 saturated heterocycles. The summed E-state index contributed by atoms with van der Waals surface area (Å²) in [5.74, 6) is 0. The summed E-state index contributed by atoms with van der Waals surface area (Å²) in [6.07, 6.45) is 1.11. The molecule has 1 nitrogen and oxygen atoms in total. The van der Waals surface area contributed by atoms with Gasteiger partial charge in [0, 0.05) is 4.88 Å². The maximum absolute atomic E-state index is 4.12. The predicted molar refractivity (Wildman–Crippen MR) is 44.2 cm³/mol. The fourth-order valence-corrected chi connectivity index (χ4v) is 1.89. The number of halogens is 1. The first-order valence-electron chi connectivity index (χ1n) is 2.44. The summed E-state index contributed by atoms with van der Waals surface area (Å²) < 4.78 is 5.23. The van der Waals surface area contributed by atoms with Crippen LogP contribution in [-0.2, 0) is 6.42 Å². The standard InChI is InChI=1S/C5H6INS/c1-2-4-3-5(6)7-8-4/h3H,2H2,1H3. The number of rotatable bonds is 1. The average Bonchev–Trinajstić information content (AvgIpc) is 2.14. The fraction of sp³-hybridized carbons (Fsp3) is 0.400. The van der Waals surface area contributed by atoms with E-state index in [1.165, 1.54) is 4.88 Å². The Bertz CT molecular complexity index is 173. The van der Waals surface area contributed by atoms with Crippen molar-refractivity contribution >= 4 is 34.1 Å². The Kier molecular flexibility index (Phi) is 2.25. The molecular formula is C5H6INS. The van der Waals surface area contributed by atoms with Gasteiger partial charge in [-0.1, -0.05) is 6.92 Å². The number of aromatic nitrogens is 1. The smallest absolute Gasteiger partial charge is 0.115 e. The lowest BCUT2D eigenvalue weighted by molar-refractivity contribution is 1.18. The summed E-state index contributed by atoms with van der Waals surface area (Å²) >= 11 is 3.82. The van der Waals surface area contributed by atoms with Gasteiger partial charge in [0.2, 0.25) is 0 Å². The molecule has 0 unspecified atom stereocenters. The van der Waals surface area contributed by atoms with Crippen LogP contribution in [-0.4, -0.2) is 4.37 Å². The van der Waals surface area contributed by atoms with E-state index in [1.54, 1.807) is 11.5 Å². The summed E-state index contributed by atoms with van der Waals surface area (Å²) in [7, 11) is 0. The van der Waals surface area contributed by atoms with Gasteiger partial charge >= 0.3 is 0 Å². The van der Waals surface area contributed by atoms with Crippen molar-refractivity contribution in [2.24, 2.45) is 0 Å². The van der Waals surface area contributed by atoms with E-state index < -0.39 is 0 Å². The van der Waals surface area contributed by atoms with E-state index in [0.717, 1.165) is 10.1 Å². The van der Waals surface area contributed by atoms with Crippen molar-refractivity contribution in [3.05, 3.63) is 14.6 Å². The van der Waals surface area contributed by atoms with Crippen molar-refractivity contribution < 1.29 is 0 Å². The Labute approximate surface area is 66.4 Å². The highest BCUT2D eigenvalue weighted by Crippen LogP contribution is 2.11. The molecule has 3 heteroatoms. The van der Waals surface area contributed by atoms with Crippen LogP contribution in [0.15, 0.2) is 6.07 Å². The Morgan fingerprint density at radius 1 is 1.88 bits per heavy atom. The third-order valence-electron chi connectivity index (χ3n) is 0.879. The highest BCUT2D eigenvalue weighted by Gasteiger charge is 1.92. The van der Waals surface area contributed by atoms with Gasteiger partial charge in [0.1, 0.15) is 3.70 Å². The Hall–Kier alpha value is 0.360. The highest BCUT2D eigenvalue weighted by molar-refractivity contribution is 14.1. The van der Waals surface area contributed by atoms with Crippen molar-refractivity contribution in [2.45, 2.75) is 13.3 Å². The van der Waals surface area contributed by atoms with E-state index in [4.69, 9.17) is 0 Å². The van der Waals surface area contributed by atoms with Crippen LogP contribution in [0.25, 0.3) is 0 Å². The van der Waals surface area contributed by atoms with Crippen LogP contribution in [0.4, 0.5) is 0 Å². The molecular weight excluding hydrogens is 233 g/mol. The zero-order valence-electron chi connectivity index (χ0n) is 4.52. The molecule has 0 spiro atoms. The van der Waals surface area contributed by atoms with Crippen molar-refractivity contribution in [3.8, 4) is 0 Å². The average molecular weight is 239 g/mol. The minimum atomic E-state index is 1.11. The van der Waals surface area contributed by atoms with Crippen LogP contribution in [0.3, 0.4) is 0 Å². The monoisotopic (exact) mass is 239 g/mol. The molecule has 0 aliphatic heterocycles. The van der Waals surface area contributed by atoms with Crippen molar-refractivity contribution in [2.75, 3.05) is 0 Å². The first kappa shape index (κ1) is 6.48. The van der Waals surface area contributed by atoms with Gasteiger partial charge in [-0.05, 0) is 46.6 Å². The predicted octanol–water partition coefficient (Wildman–Crippen LogP) is 2.31. The van der Waals surface area contributed by atoms with Crippen LogP contribution in [0.1, 0.15) is 11.8 Å². The molecule has 0 fully saturated rings. The normalized spacial score (nSPS) is 9.75. The quantitative estimate of drug-likeness (QED) is 0.685. The summed E-state index contributed by atoms with van der Waals surface area (Å²) in [5.41, 5.74) is 0. The Morgan fingerprint density at radius 2 is 2.62 bits per heavy atom. The SMILES string of the molecule is CCc1cc(I)ns1. The van der Waals surface area contributed by atoms with Crippen LogP contribution >= 0.6 is 34.1 Å². The molecule has 1 heterocycles. The van der Waals surface area contributed by atoms with E-state index in [0.29, 0.717) is 0 Å². The molecule has 1 aromatic rings. The molecule has 0 aliphatic rings. The molecule has 44 valence electrons. The van der Waals surface area contributed by atoms with E-state index in [1.807, 2.05) is 0 Å². The lowest BCUT2D eigenvalue weighted by Crippen LogP contribution is -1.65. The van der Waals surface area contributed by atoms with E-state index in [9.17, 15) is 0 Å². The maximum Gasteiger partial charge on any atom is 0.115 e. The van der Waals surface area contributed by atoms with Crippen molar-refractivity contribution in [1.82, 2.24) is 4.37 Å². The lowest BCUT2D eigenvalue weighted by Gasteiger charge is -1.76. The molecule has 8 heavy (non-hydrogen) atoms. The van der Waals surface area contributed by atoms with E-state index in [-0.39, 0.29) is 0 Å². The highest BCUT2D eigenvalue weighted by atomic mass is 127. The largest absolute Gasteiger partial charge is 0.186 e. The topological polar surface area (TPSA) is 12.9 Å². The molecule has 0 radical (unpaired) electrons. The molecule has 0 saturated carbocycles. The van der Waals surface area contributed by atoms with Gasteiger partial charge in [-0.3, -0.25) is 0 Å². The molecule has 0 atom stereocenters. The second kappa shape index (κ2) is 2.77. The zero-order chi connectivity index (χ0) is 5.98. The summed E-state index contributed by atoms with van der Waals surface area (Å²) in [6, 6.07) is 2.12. The summed E-state index contributed by atoms with van der Waals surface area (Å²) in [5, 5.41) is 0. The van der Waals surface area contributed by atoms with Gasteiger partial charge in [0.25, 0.3) is 0 Å². The van der Waals surface area contributed by atoms with Gasteiger partial charge < -0.3 is 0 Å². The van der Waals surface area contributed by atoms with E-state index >= 15 is 0 Å². The third kappa shape index (κ3) is 1.42. The minimum absolute atomic E-state index is 1.11. The van der Waals surface area contributed by atoms with Gasteiger partial charge in [0.15, 0.2) is 0 Å². The molecule has 1 aromatic heterocycles. The van der Waals surface area contributed by atoms with E-state index in [2.05, 4.69) is 40.0 Å². The van der Waals surface area contributed by atoms with Gasteiger partial charge in [0.05, 0.1) is 0 Å². The summed E-state index contributed by atoms with van der Waals surface area (Å²) in [4.78, 5) is 1.37. The minimum Gasteiger partial charge on any atom is -0.186 e. The molecule has 0 N–H and O–H groups in total. The first-order valence-corrected chi connectivity index (χ1v) is 4.29. The number of nitrogens with zero attached hydrogens (tertiary/aromatic N) is 1. The number of aryl methyl sites for hydroxylation is 1. The molecule has 0 bridgehead atoms. The molecule has 0 aromatic carbocycles.